The van der Waals surface area contributed by atoms with Crippen molar-refractivity contribution in [2.24, 2.45) is 12.8 Å². The number of hydrogen-bond donors (Lipinski definition) is 1. The highest BCUT2D eigenvalue weighted by molar-refractivity contribution is 5.34. The summed E-state index contributed by atoms with van der Waals surface area (Å²) in [7, 11) is 1.86. The van der Waals surface area contributed by atoms with Gasteiger partial charge in [0.2, 0.25) is 5.78 Å². The van der Waals surface area contributed by atoms with Crippen LogP contribution in [-0.2, 0) is 13.5 Å². The lowest BCUT2D eigenvalue weighted by molar-refractivity contribution is 0.857. The molecule has 2 N–H and O–H groups in total. The molecule has 0 aromatic carbocycles. The third-order valence-corrected chi connectivity index (χ3v) is 2.55. The van der Waals surface area contributed by atoms with Gasteiger partial charge in [0.15, 0.2) is 0 Å². The molecule has 0 aliphatic carbocycles. The first kappa shape index (κ1) is 9.92. The summed E-state index contributed by atoms with van der Waals surface area (Å²) in [5, 5.41) is 0. The molecule has 15 heavy (non-hydrogen) atoms. The highest BCUT2D eigenvalue weighted by atomic mass is 16.1. The molecule has 0 fully saturated rings. The first-order valence-corrected chi connectivity index (χ1v) is 4.88. The lowest BCUT2D eigenvalue weighted by Gasteiger charge is -2.04. The minimum Gasteiger partial charge on any atom is -0.330 e. The van der Waals surface area contributed by atoms with E-state index < -0.39 is 0 Å². The maximum absolute atomic E-state index is 12.0. The van der Waals surface area contributed by atoms with Crippen LogP contribution in [0.5, 0.6) is 0 Å². The van der Waals surface area contributed by atoms with Gasteiger partial charge in [-0.2, -0.15) is 0 Å². The third kappa shape index (κ3) is 1.45. The molecule has 0 saturated carbocycles. The van der Waals surface area contributed by atoms with Crippen molar-refractivity contribution in [2.75, 3.05) is 6.54 Å². The van der Waals surface area contributed by atoms with E-state index in [2.05, 4.69) is 4.98 Å². The minimum atomic E-state index is -0.0106. The zero-order valence-electron chi connectivity index (χ0n) is 8.90. The molecule has 0 amide bonds. The van der Waals surface area contributed by atoms with Gasteiger partial charge in [-0.05, 0) is 19.9 Å². The number of aromatic nitrogens is 3. The quantitative estimate of drug-likeness (QED) is 0.742. The SMILES string of the molecule is Cc1nc2n(C)ccn2c(=O)c1CCN. The van der Waals surface area contributed by atoms with E-state index in [1.807, 2.05) is 24.7 Å². The van der Waals surface area contributed by atoms with Gasteiger partial charge in [-0.15, -0.1) is 0 Å². The van der Waals surface area contributed by atoms with E-state index in [1.165, 1.54) is 0 Å². The smallest absolute Gasteiger partial charge is 0.262 e. The highest BCUT2D eigenvalue weighted by Crippen LogP contribution is 2.04. The van der Waals surface area contributed by atoms with Gasteiger partial charge in [0.05, 0.1) is 5.69 Å². The number of nitrogens with zero attached hydrogens (tertiary/aromatic N) is 3. The first-order chi connectivity index (χ1) is 7.15. The Morgan fingerprint density at radius 2 is 2.20 bits per heavy atom. The molecular weight excluding hydrogens is 192 g/mol. The molecule has 0 aliphatic rings. The van der Waals surface area contributed by atoms with E-state index in [-0.39, 0.29) is 5.56 Å². The van der Waals surface area contributed by atoms with Crippen LogP contribution in [0.2, 0.25) is 0 Å². The molecule has 0 radical (unpaired) electrons. The van der Waals surface area contributed by atoms with E-state index in [0.717, 1.165) is 5.69 Å². The van der Waals surface area contributed by atoms with Crippen LogP contribution in [0.4, 0.5) is 0 Å². The predicted octanol–water partition coefficient (Wildman–Crippen LogP) is -0.157. The van der Waals surface area contributed by atoms with Crippen molar-refractivity contribution in [1.29, 1.82) is 0 Å². The summed E-state index contributed by atoms with van der Waals surface area (Å²) < 4.78 is 3.37. The van der Waals surface area contributed by atoms with Crippen LogP contribution in [0.1, 0.15) is 11.3 Å². The lowest BCUT2D eigenvalue weighted by Crippen LogP contribution is -2.23. The summed E-state index contributed by atoms with van der Waals surface area (Å²) >= 11 is 0. The number of hydrogen-bond acceptors (Lipinski definition) is 3. The van der Waals surface area contributed by atoms with Gasteiger partial charge in [0.1, 0.15) is 0 Å². The summed E-state index contributed by atoms with van der Waals surface area (Å²) in [4.78, 5) is 16.4. The maximum Gasteiger partial charge on any atom is 0.262 e. The van der Waals surface area contributed by atoms with E-state index in [1.54, 1.807) is 10.6 Å². The fraction of sp³-hybridized carbons (Fsp3) is 0.400. The van der Waals surface area contributed by atoms with E-state index >= 15 is 0 Å². The Labute approximate surface area is 87.2 Å². The zero-order valence-corrected chi connectivity index (χ0v) is 8.90. The van der Waals surface area contributed by atoms with Gasteiger partial charge in [-0.25, -0.2) is 4.98 Å². The highest BCUT2D eigenvalue weighted by Gasteiger charge is 2.10. The van der Waals surface area contributed by atoms with Crippen molar-refractivity contribution < 1.29 is 0 Å². The van der Waals surface area contributed by atoms with Crippen molar-refractivity contribution >= 4 is 5.78 Å². The average Bonchev–Trinajstić information content (AvgIpc) is 2.55. The molecule has 0 bridgehead atoms. The number of imidazole rings is 1. The lowest BCUT2D eigenvalue weighted by atomic mass is 10.2. The molecule has 2 rings (SSSR count). The molecule has 80 valence electrons. The van der Waals surface area contributed by atoms with Gasteiger partial charge in [0.25, 0.3) is 5.56 Å². The summed E-state index contributed by atoms with van der Waals surface area (Å²) in [6.45, 7) is 2.32. The molecule has 2 heterocycles. The molecular formula is C10H14N4O. The summed E-state index contributed by atoms with van der Waals surface area (Å²) in [5.74, 6) is 0.665. The Morgan fingerprint density at radius 3 is 2.87 bits per heavy atom. The zero-order chi connectivity index (χ0) is 11.0. The number of rotatable bonds is 2. The topological polar surface area (TPSA) is 65.3 Å². The third-order valence-electron chi connectivity index (χ3n) is 2.55. The monoisotopic (exact) mass is 206 g/mol. The molecule has 0 atom stereocenters. The fourth-order valence-corrected chi connectivity index (χ4v) is 1.71. The fourth-order valence-electron chi connectivity index (χ4n) is 1.71. The Hall–Kier alpha value is -1.62. The standard InChI is InChI=1S/C10H14N4O/c1-7-8(3-4-11)9(15)14-6-5-13(2)10(14)12-7/h5-6H,3-4,11H2,1-2H3. The summed E-state index contributed by atoms with van der Waals surface area (Å²) in [5.41, 5.74) is 6.94. The van der Waals surface area contributed by atoms with Gasteiger partial charge >= 0.3 is 0 Å². The average molecular weight is 206 g/mol. The summed E-state index contributed by atoms with van der Waals surface area (Å²) in [6, 6.07) is 0. The van der Waals surface area contributed by atoms with Crippen molar-refractivity contribution in [3.05, 3.63) is 34.0 Å². The molecule has 2 aromatic rings. The first-order valence-electron chi connectivity index (χ1n) is 4.88. The van der Waals surface area contributed by atoms with E-state index in [0.29, 0.717) is 24.3 Å². The van der Waals surface area contributed by atoms with Crippen LogP contribution < -0.4 is 11.3 Å². The van der Waals surface area contributed by atoms with E-state index in [4.69, 9.17) is 5.73 Å². The van der Waals surface area contributed by atoms with Gasteiger partial charge in [0, 0.05) is 25.0 Å². The second-order valence-corrected chi connectivity index (χ2v) is 3.60. The molecule has 0 aliphatic heterocycles. The molecule has 2 aromatic heterocycles. The Morgan fingerprint density at radius 1 is 1.47 bits per heavy atom. The molecule has 0 unspecified atom stereocenters. The number of fused-ring (bicyclic) bond motifs is 1. The van der Waals surface area contributed by atoms with Crippen molar-refractivity contribution in [2.45, 2.75) is 13.3 Å². The second kappa shape index (κ2) is 3.51. The minimum absolute atomic E-state index is 0.0106. The largest absolute Gasteiger partial charge is 0.330 e. The van der Waals surface area contributed by atoms with Crippen LogP contribution in [0.15, 0.2) is 17.2 Å². The Balaban J connectivity index is 2.79. The Kier molecular flexibility index (Phi) is 2.32. The van der Waals surface area contributed by atoms with Crippen LogP contribution in [0, 0.1) is 6.92 Å². The van der Waals surface area contributed by atoms with Crippen molar-refractivity contribution in [3.63, 3.8) is 0 Å². The second-order valence-electron chi connectivity index (χ2n) is 3.60. The van der Waals surface area contributed by atoms with Gasteiger partial charge < -0.3 is 10.3 Å². The number of aryl methyl sites for hydroxylation is 2. The van der Waals surface area contributed by atoms with Crippen LogP contribution in [0.3, 0.4) is 0 Å². The molecule has 0 spiro atoms. The van der Waals surface area contributed by atoms with Gasteiger partial charge in [-0.3, -0.25) is 9.20 Å². The van der Waals surface area contributed by atoms with Crippen molar-refractivity contribution in [1.82, 2.24) is 14.0 Å². The molecule has 0 saturated heterocycles. The summed E-state index contributed by atoms with van der Waals surface area (Å²) in [6.07, 6.45) is 4.12. The number of nitrogens with two attached hydrogens (primary N) is 1. The van der Waals surface area contributed by atoms with Gasteiger partial charge in [-0.1, -0.05) is 0 Å². The Bertz CT molecular complexity index is 552. The van der Waals surface area contributed by atoms with Crippen LogP contribution in [0.25, 0.3) is 5.78 Å². The maximum atomic E-state index is 12.0. The van der Waals surface area contributed by atoms with Crippen LogP contribution >= 0.6 is 0 Å². The van der Waals surface area contributed by atoms with Crippen LogP contribution in [-0.4, -0.2) is 20.5 Å². The molecule has 5 heteroatoms. The molecule has 5 nitrogen and oxygen atoms in total. The normalized spacial score (nSPS) is 11.1. The predicted molar refractivity (Wildman–Crippen MR) is 57.9 cm³/mol. The van der Waals surface area contributed by atoms with Crippen molar-refractivity contribution in [3.8, 4) is 0 Å². The van der Waals surface area contributed by atoms with E-state index in [9.17, 15) is 4.79 Å².